The molecule has 5 heterocycles. The van der Waals surface area contributed by atoms with Crippen LogP contribution in [0, 0.1) is 5.92 Å². The Balaban J connectivity index is 1.20. The molecule has 0 aliphatic carbocycles. The summed E-state index contributed by atoms with van der Waals surface area (Å²) in [6.07, 6.45) is 10.0. The van der Waals surface area contributed by atoms with Crippen molar-refractivity contribution in [1.82, 2.24) is 29.5 Å². The van der Waals surface area contributed by atoms with Gasteiger partial charge in [0.1, 0.15) is 11.7 Å². The molecule has 0 spiro atoms. The van der Waals surface area contributed by atoms with Gasteiger partial charge in [0.05, 0.1) is 39.9 Å². The number of fused-ring (bicyclic) bond motifs is 2. The van der Waals surface area contributed by atoms with Crippen molar-refractivity contribution in [2.24, 2.45) is 5.92 Å². The van der Waals surface area contributed by atoms with Gasteiger partial charge in [-0.2, -0.15) is 5.10 Å². The number of ether oxygens (including phenoxy) is 1. The number of nitrogens with zero attached hydrogens (tertiary/aromatic N) is 6. The molecule has 12 heteroatoms. The van der Waals surface area contributed by atoms with Crippen LogP contribution in [0.25, 0.3) is 26.7 Å². The molecule has 0 saturated carbocycles. The number of likely N-dealkylation sites (N-methyl/N-ethyl adjacent to an activating group) is 1. The number of thiazole rings is 1. The fourth-order valence-corrected chi connectivity index (χ4v) is 7.82. The third-order valence-electron chi connectivity index (χ3n) is 8.75. The molecular formula is C33H43N7O3SSi. The maximum absolute atomic E-state index is 13.8. The Bertz CT molecular complexity index is 1740. The number of aromatic nitrogens is 4. The molecule has 0 radical (unpaired) electrons. The zero-order valence-corrected chi connectivity index (χ0v) is 28.7. The molecule has 1 aromatic carbocycles. The number of carbonyl (C=O) groups is 2. The minimum absolute atomic E-state index is 0.198. The number of likely N-dealkylation sites (tertiary alicyclic amines) is 1. The third-order valence-corrected chi connectivity index (χ3v) is 11.6. The normalized spacial score (nSPS) is 19.7. The minimum Gasteiger partial charge on any atom is -0.360 e. The lowest BCUT2D eigenvalue weighted by Gasteiger charge is -2.38. The largest absolute Gasteiger partial charge is 0.360 e. The Morgan fingerprint density at radius 2 is 2.00 bits per heavy atom. The van der Waals surface area contributed by atoms with Crippen molar-refractivity contribution in [1.29, 1.82) is 0 Å². The Kier molecular flexibility index (Phi) is 9.19. The van der Waals surface area contributed by atoms with Gasteiger partial charge < -0.3 is 19.9 Å². The summed E-state index contributed by atoms with van der Waals surface area (Å²) >= 11 is 1.72. The Labute approximate surface area is 269 Å². The van der Waals surface area contributed by atoms with Gasteiger partial charge in [-0.1, -0.05) is 38.7 Å². The number of carbonyl (C=O) groups excluding carboxylic acids is 2. The van der Waals surface area contributed by atoms with Gasteiger partial charge in [0.2, 0.25) is 0 Å². The lowest BCUT2D eigenvalue weighted by Crippen LogP contribution is -2.46. The summed E-state index contributed by atoms with van der Waals surface area (Å²) in [5.41, 5.74) is 4.40. The Morgan fingerprint density at radius 1 is 1.16 bits per heavy atom. The molecule has 45 heavy (non-hydrogen) atoms. The molecule has 238 valence electrons. The van der Waals surface area contributed by atoms with Crippen LogP contribution in [0.2, 0.25) is 25.7 Å². The molecule has 1 N–H and O–H groups in total. The van der Waals surface area contributed by atoms with Crippen molar-refractivity contribution >= 4 is 63.6 Å². The second-order valence-corrected chi connectivity index (χ2v) is 20.4. The number of piperidine rings is 1. The zero-order valence-electron chi connectivity index (χ0n) is 26.9. The molecule has 0 unspecified atom stereocenters. The monoisotopic (exact) mass is 645 g/mol. The summed E-state index contributed by atoms with van der Waals surface area (Å²) in [7, 11) is 0.911. The van der Waals surface area contributed by atoms with Crippen LogP contribution in [0.4, 0.5) is 5.69 Å². The van der Waals surface area contributed by atoms with E-state index >= 15 is 0 Å². The van der Waals surface area contributed by atoms with Crippen LogP contribution in [-0.2, 0) is 21.1 Å². The number of benzene rings is 1. The predicted octanol–water partition coefficient (Wildman–Crippen LogP) is 6.01. The fourth-order valence-electron chi connectivity index (χ4n) is 6.04. The van der Waals surface area contributed by atoms with Gasteiger partial charge in [0, 0.05) is 45.9 Å². The van der Waals surface area contributed by atoms with E-state index in [0.29, 0.717) is 30.3 Å². The van der Waals surface area contributed by atoms with E-state index in [0.717, 1.165) is 64.6 Å². The highest BCUT2D eigenvalue weighted by atomic mass is 32.1. The lowest BCUT2D eigenvalue weighted by molar-refractivity contribution is -0.146. The third kappa shape index (κ3) is 7.19. The fraction of sp³-hybridized carbons (Fsp3) is 0.485. The SMILES string of the molecule is C[C@H]1CC[C@H](c2ccc3sc(C4=CCN(C)CC4)nc3c2)N(C(=O)C(=O)Nc2cncc3cnn(COCC[Si](C)(C)C)c23)C1. The first-order chi connectivity index (χ1) is 21.6. The van der Waals surface area contributed by atoms with Gasteiger partial charge in [0.25, 0.3) is 0 Å². The first-order valence-corrected chi connectivity index (χ1v) is 20.4. The van der Waals surface area contributed by atoms with Crippen LogP contribution >= 0.6 is 11.3 Å². The average Bonchev–Trinajstić information content (AvgIpc) is 3.63. The van der Waals surface area contributed by atoms with Gasteiger partial charge in [-0.25, -0.2) is 9.67 Å². The standard InChI is InChI=1S/C33H43N7O3SSi/c1-22-6-8-28(24-7-9-29-26(16-24)37-32(44-29)23-10-12-38(2)13-11-23)39(20-22)33(42)31(41)36-27-19-34-17-25-18-35-40(30(25)27)21-43-14-15-45(3,4)5/h7,9-10,16-19,22,28H,6,8,11-15,20-21H2,1-5H3,(H,36,41)/t22-,28+/m0/s1. The first-order valence-electron chi connectivity index (χ1n) is 15.8. The summed E-state index contributed by atoms with van der Waals surface area (Å²) in [5.74, 6) is -0.928. The molecule has 2 atom stereocenters. The van der Waals surface area contributed by atoms with E-state index in [2.05, 4.69) is 78.2 Å². The zero-order chi connectivity index (χ0) is 31.7. The van der Waals surface area contributed by atoms with Crippen molar-refractivity contribution < 1.29 is 14.3 Å². The number of hydrogen-bond donors (Lipinski definition) is 1. The summed E-state index contributed by atoms with van der Waals surface area (Å²) in [5, 5.41) is 9.16. The molecule has 2 amide bonds. The van der Waals surface area contributed by atoms with E-state index in [4.69, 9.17) is 9.72 Å². The van der Waals surface area contributed by atoms with Crippen molar-refractivity contribution in [3.8, 4) is 0 Å². The molecule has 1 saturated heterocycles. The second kappa shape index (κ2) is 13.1. The predicted molar refractivity (Wildman–Crippen MR) is 183 cm³/mol. The molecule has 1 fully saturated rings. The van der Waals surface area contributed by atoms with Gasteiger partial charge in [-0.15, -0.1) is 11.3 Å². The Morgan fingerprint density at radius 3 is 2.78 bits per heavy atom. The highest BCUT2D eigenvalue weighted by Gasteiger charge is 2.35. The highest BCUT2D eigenvalue weighted by Crippen LogP contribution is 2.37. The molecule has 0 bridgehead atoms. The maximum Gasteiger partial charge on any atom is 0.314 e. The van der Waals surface area contributed by atoms with Crippen LogP contribution in [0.15, 0.2) is 42.9 Å². The number of hydrogen-bond acceptors (Lipinski definition) is 8. The van der Waals surface area contributed by atoms with Gasteiger partial charge in [-0.3, -0.25) is 14.6 Å². The number of rotatable bonds is 8. The lowest BCUT2D eigenvalue weighted by atomic mass is 9.89. The summed E-state index contributed by atoms with van der Waals surface area (Å²) < 4.78 is 8.78. The Hall–Kier alpha value is -3.45. The summed E-state index contributed by atoms with van der Waals surface area (Å²) in [4.78, 5) is 40.7. The van der Waals surface area contributed by atoms with Gasteiger partial charge >= 0.3 is 11.8 Å². The molecule has 2 aliphatic rings. The topological polar surface area (TPSA) is 105 Å². The van der Waals surface area contributed by atoms with Crippen LogP contribution in [-0.4, -0.2) is 82.7 Å². The molecule has 3 aromatic heterocycles. The van der Waals surface area contributed by atoms with Crippen LogP contribution in [0.3, 0.4) is 0 Å². The molecule has 10 nitrogen and oxygen atoms in total. The molecular weight excluding hydrogens is 603 g/mol. The first kappa shape index (κ1) is 31.5. The highest BCUT2D eigenvalue weighted by molar-refractivity contribution is 7.19. The van der Waals surface area contributed by atoms with E-state index < -0.39 is 19.9 Å². The summed E-state index contributed by atoms with van der Waals surface area (Å²) in [6, 6.07) is 7.16. The minimum atomic E-state index is -1.22. The number of amides is 2. The van der Waals surface area contributed by atoms with Gasteiger partial charge in [-0.05, 0) is 61.5 Å². The second-order valence-electron chi connectivity index (χ2n) is 13.7. The quantitative estimate of drug-likeness (QED) is 0.142. The number of anilines is 1. The molecule has 6 rings (SSSR count). The van der Waals surface area contributed by atoms with Crippen molar-refractivity contribution in [2.75, 3.05) is 38.6 Å². The van der Waals surface area contributed by atoms with E-state index in [1.807, 2.05) is 0 Å². The molecule has 2 aliphatic heterocycles. The van der Waals surface area contributed by atoms with E-state index in [1.165, 1.54) is 5.57 Å². The van der Waals surface area contributed by atoms with Crippen molar-refractivity contribution in [3.05, 3.63) is 53.4 Å². The number of pyridine rings is 1. The van der Waals surface area contributed by atoms with Crippen LogP contribution in [0.1, 0.15) is 42.8 Å². The van der Waals surface area contributed by atoms with E-state index in [9.17, 15) is 9.59 Å². The average molecular weight is 646 g/mol. The smallest absolute Gasteiger partial charge is 0.314 e. The van der Waals surface area contributed by atoms with E-state index in [1.54, 1.807) is 39.5 Å². The van der Waals surface area contributed by atoms with Gasteiger partial charge in [0.15, 0.2) is 0 Å². The van der Waals surface area contributed by atoms with E-state index in [-0.39, 0.29) is 12.8 Å². The number of nitrogens with one attached hydrogen (secondary N) is 1. The van der Waals surface area contributed by atoms with Crippen molar-refractivity contribution in [2.45, 2.75) is 64.6 Å². The summed E-state index contributed by atoms with van der Waals surface area (Å²) in [6.45, 7) is 12.5. The van der Waals surface area contributed by atoms with Crippen LogP contribution in [0.5, 0.6) is 0 Å². The van der Waals surface area contributed by atoms with Crippen LogP contribution < -0.4 is 5.32 Å². The molecule has 4 aromatic rings. The van der Waals surface area contributed by atoms with Crippen molar-refractivity contribution in [3.63, 3.8) is 0 Å². The maximum atomic E-state index is 13.8.